The zero-order chi connectivity index (χ0) is 14.4. The number of nitriles is 1. The summed E-state index contributed by atoms with van der Waals surface area (Å²) >= 11 is 0. The van der Waals surface area contributed by atoms with Gasteiger partial charge >= 0.3 is 0 Å². The normalized spacial score (nSPS) is 22.2. The summed E-state index contributed by atoms with van der Waals surface area (Å²) in [4.78, 5) is 0. The summed E-state index contributed by atoms with van der Waals surface area (Å²) in [5.74, 6) is 1.44. The van der Waals surface area contributed by atoms with E-state index < -0.39 is 0 Å². The molecule has 2 unspecified atom stereocenters. The largest absolute Gasteiger partial charge is 0.495 e. The van der Waals surface area contributed by atoms with Crippen molar-refractivity contribution in [2.75, 3.05) is 7.11 Å². The maximum Gasteiger partial charge on any atom is 0.136 e. The summed E-state index contributed by atoms with van der Waals surface area (Å²) in [6.45, 7) is 2.84. The molecule has 3 nitrogen and oxygen atoms in total. The van der Waals surface area contributed by atoms with Crippen LogP contribution in [0, 0.1) is 17.2 Å². The van der Waals surface area contributed by atoms with Gasteiger partial charge in [0.15, 0.2) is 0 Å². The molecule has 1 aromatic carbocycles. The van der Waals surface area contributed by atoms with Crippen LogP contribution in [0.1, 0.15) is 50.2 Å². The Balaban J connectivity index is 1.92. The van der Waals surface area contributed by atoms with E-state index in [0.29, 0.717) is 24.0 Å². The standard InChI is InChI=1S/C17H23NO2/c1-3-13-5-4-6-16(10-13)20-12-14-7-8-17(19-2)15(9-14)11-18/h7-9,13,16H,3-6,10,12H2,1-2H3. The van der Waals surface area contributed by atoms with Gasteiger partial charge < -0.3 is 9.47 Å². The van der Waals surface area contributed by atoms with Gasteiger partial charge in [0.25, 0.3) is 0 Å². The van der Waals surface area contributed by atoms with Gasteiger partial charge in [-0.3, -0.25) is 0 Å². The highest BCUT2D eigenvalue weighted by Gasteiger charge is 2.21. The number of hydrogen-bond donors (Lipinski definition) is 0. The first-order valence-corrected chi connectivity index (χ1v) is 7.45. The number of ether oxygens (including phenoxy) is 2. The molecule has 20 heavy (non-hydrogen) atoms. The molecule has 108 valence electrons. The van der Waals surface area contributed by atoms with Crippen LogP contribution in [0.15, 0.2) is 18.2 Å². The fourth-order valence-electron chi connectivity index (χ4n) is 2.91. The van der Waals surface area contributed by atoms with E-state index in [0.717, 1.165) is 17.9 Å². The first-order chi connectivity index (χ1) is 9.76. The Hall–Kier alpha value is -1.53. The summed E-state index contributed by atoms with van der Waals surface area (Å²) in [7, 11) is 1.58. The molecule has 2 atom stereocenters. The van der Waals surface area contributed by atoms with Gasteiger partial charge in [-0.05, 0) is 36.5 Å². The third-order valence-electron chi connectivity index (χ3n) is 4.18. The molecule has 0 bridgehead atoms. The van der Waals surface area contributed by atoms with E-state index in [1.165, 1.54) is 25.7 Å². The van der Waals surface area contributed by atoms with Crippen molar-refractivity contribution in [2.45, 2.75) is 51.7 Å². The number of methoxy groups -OCH3 is 1. The average molecular weight is 273 g/mol. The number of nitrogens with zero attached hydrogens (tertiary/aromatic N) is 1. The third-order valence-corrected chi connectivity index (χ3v) is 4.18. The van der Waals surface area contributed by atoms with Crippen molar-refractivity contribution in [3.63, 3.8) is 0 Å². The number of hydrogen-bond acceptors (Lipinski definition) is 3. The quantitative estimate of drug-likeness (QED) is 0.812. The minimum Gasteiger partial charge on any atom is -0.495 e. The Kier molecular flexibility index (Phi) is 5.43. The summed E-state index contributed by atoms with van der Waals surface area (Å²) < 4.78 is 11.2. The van der Waals surface area contributed by atoms with E-state index >= 15 is 0 Å². The molecule has 1 saturated carbocycles. The average Bonchev–Trinajstić information content (AvgIpc) is 2.52. The summed E-state index contributed by atoms with van der Waals surface area (Å²) in [5, 5.41) is 9.09. The van der Waals surface area contributed by atoms with Crippen molar-refractivity contribution in [3.05, 3.63) is 29.3 Å². The molecule has 0 radical (unpaired) electrons. The summed E-state index contributed by atoms with van der Waals surface area (Å²) in [6, 6.07) is 7.83. The van der Waals surface area contributed by atoms with Crippen LogP contribution in [0.4, 0.5) is 0 Å². The molecule has 0 N–H and O–H groups in total. The lowest BCUT2D eigenvalue weighted by atomic mass is 9.85. The molecular weight excluding hydrogens is 250 g/mol. The summed E-state index contributed by atoms with van der Waals surface area (Å²) in [6.07, 6.45) is 6.59. The van der Waals surface area contributed by atoms with Gasteiger partial charge in [-0.2, -0.15) is 5.26 Å². The topological polar surface area (TPSA) is 42.2 Å². The smallest absolute Gasteiger partial charge is 0.136 e. The fraction of sp³-hybridized carbons (Fsp3) is 0.588. The first-order valence-electron chi connectivity index (χ1n) is 7.45. The van der Waals surface area contributed by atoms with Crippen molar-refractivity contribution in [2.24, 2.45) is 5.92 Å². The second-order valence-corrected chi connectivity index (χ2v) is 5.52. The van der Waals surface area contributed by atoms with Crippen molar-refractivity contribution in [3.8, 4) is 11.8 Å². The van der Waals surface area contributed by atoms with Crippen LogP contribution >= 0.6 is 0 Å². The first kappa shape index (κ1) is 14.9. The van der Waals surface area contributed by atoms with E-state index in [1.54, 1.807) is 7.11 Å². The van der Waals surface area contributed by atoms with E-state index in [-0.39, 0.29) is 0 Å². The fourth-order valence-corrected chi connectivity index (χ4v) is 2.91. The molecule has 0 heterocycles. The Bertz CT molecular complexity index is 478. The van der Waals surface area contributed by atoms with Crippen LogP contribution < -0.4 is 4.74 Å². The molecular formula is C17H23NO2. The van der Waals surface area contributed by atoms with Gasteiger partial charge in [0, 0.05) is 0 Å². The monoisotopic (exact) mass is 273 g/mol. The zero-order valence-corrected chi connectivity index (χ0v) is 12.4. The molecule has 0 aromatic heterocycles. The minimum atomic E-state index is 0.376. The second-order valence-electron chi connectivity index (χ2n) is 5.52. The van der Waals surface area contributed by atoms with Crippen LogP contribution in [-0.4, -0.2) is 13.2 Å². The molecule has 1 aliphatic rings. The van der Waals surface area contributed by atoms with Crippen molar-refractivity contribution >= 4 is 0 Å². The zero-order valence-electron chi connectivity index (χ0n) is 12.4. The van der Waals surface area contributed by atoms with Gasteiger partial charge in [-0.15, -0.1) is 0 Å². The minimum absolute atomic E-state index is 0.376. The van der Waals surface area contributed by atoms with E-state index in [1.807, 2.05) is 18.2 Å². The Morgan fingerprint density at radius 3 is 2.90 bits per heavy atom. The third kappa shape index (κ3) is 3.74. The van der Waals surface area contributed by atoms with Crippen LogP contribution in [0.2, 0.25) is 0 Å². The molecule has 3 heteroatoms. The summed E-state index contributed by atoms with van der Waals surface area (Å²) in [5.41, 5.74) is 1.62. The lowest BCUT2D eigenvalue weighted by Gasteiger charge is -2.28. The number of rotatable bonds is 5. The van der Waals surface area contributed by atoms with E-state index in [9.17, 15) is 0 Å². The predicted molar refractivity (Wildman–Crippen MR) is 78.5 cm³/mol. The van der Waals surface area contributed by atoms with Gasteiger partial charge in [0.1, 0.15) is 11.8 Å². The predicted octanol–water partition coefficient (Wildman–Crippen LogP) is 4.05. The van der Waals surface area contributed by atoms with Crippen molar-refractivity contribution in [1.29, 1.82) is 5.26 Å². The van der Waals surface area contributed by atoms with Gasteiger partial charge in [0.05, 0.1) is 25.4 Å². The molecule has 0 amide bonds. The second kappa shape index (κ2) is 7.31. The highest BCUT2D eigenvalue weighted by molar-refractivity contribution is 5.45. The van der Waals surface area contributed by atoms with Crippen LogP contribution in [-0.2, 0) is 11.3 Å². The van der Waals surface area contributed by atoms with Gasteiger partial charge in [-0.1, -0.05) is 32.3 Å². The molecule has 0 saturated heterocycles. The Morgan fingerprint density at radius 1 is 1.35 bits per heavy atom. The maximum absolute atomic E-state index is 9.09. The molecule has 0 aliphatic heterocycles. The van der Waals surface area contributed by atoms with Crippen LogP contribution in [0.5, 0.6) is 5.75 Å². The molecule has 1 aromatic rings. The van der Waals surface area contributed by atoms with Crippen LogP contribution in [0.3, 0.4) is 0 Å². The SMILES string of the molecule is CCC1CCCC(OCc2ccc(OC)c(C#N)c2)C1. The van der Waals surface area contributed by atoms with E-state index in [2.05, 4.69) is 13.0 Å². The Labute approximate surface area is 121 Å². The van der Waals surface area contributed by atoms with Gasteiger partial charge in [0.2, 0.25) is 0 Å². The number of benzene rings is 1. The lowest BCUT2D eigenvalue weighted by molar-refractivity contribution is 0.00175. The van der Waals surface area contributed by atoms with Gasteiger partial charge in [-0.25, -0.2) is 0 Å². The highest BCUT2D eigenvalue weighted by atomic mass is 16.5. The molecule has 2 rings (SSSR count). The maximum atomic E-state index is 9.09. The molecule has 1 aliphatic carbocycles. The van der Waals surface area contributed by atoms with Crippen LogP contribution in [0.25, 0.3) is 0 Å². The molecule has 1 fully saturated rings. The van der Waals surface area contributed by atoms with Crippen molar-refractivity contribution < 1.29 is 9.47 Å². The lowest BCUT2D eigenvalue weighted by Crippen LogP contribution is -2.22. The Morgan fingerprint density at radius 2 is 2.20 bits per heavy atom. The highest BCUT2D eigenvalue weighted by Crippen LogP contribution is 2.29. The molecule has 0 spiro atoms. The van der Waals surface area contributed by atoms with E-state index in [4.69, 9.17) is 14.7 Å². The van der Waals surface area contributed by atoms with Crippen molar-refractivity contribution in [1.82, 2.24) is 0 Å².